The third kappa shape index (κ3) is 4.04. The average molecular weight is 390 g/mol. The molecule has 0 spiro atoms. The molecule has 0 radical (unpaired) electrons. The van der Waals surface area contributed by atoms with Gasteiger partial charge in [0.2, 0.25) is 0 Å². The predicted molar refractivity (Wildman–Crippen MR) is 87.2 cm³/mol. The number of nitro groups is 1. The largest absolute Gasteiger partial charge is 0.501 e. The van der Waals surface area contributed by atoms with Crippen molar-refractivity contribution in [2.24, 2.45) is 0 Å². The van der Waals surface area contributed by atoms with E-state index in [2.05, 4.69) is 5.32 Å². The summed E-state index contributed by atoms with van der Waals surface area (Å²) in [6.07, 6.45) is 0. The molecule has 0 aliphatic rings. The quantitative estimate of drug-likeness (QED) is 0.591. The van der Waals surface area contributed by atoms with Crippen molar-refractivity contribution in [3.05, 3.63) is 52.6 Å². The first-order chi connectivity index (χ1) is 12.1. The number of hydrogen-bond acceptors (Lipinski definition) is 6. The highest BCUT2D eigenvalue weighted by molar-refractivity contribution is 7.92. The highest BCUT2D eigenvalue weighted by Gasteiger charge is 2.47. The minimum atomic E-state index is -5.68. The maximum atomic E-state index is 12.6. The van der Waals surface area contributed by atoms with E-state index in [0.717, 1.165) is 6.07 Å². The standard InChI is InChI=1S/C15H13F3N2O5S/c1-2-25-11-5-3-10(4-6-11)19-13-8-7-12(9-14(13)20(21)22)26(23,24)15(16,17)18/h3-9,19H,2H2,1H3. The lowest BCUT2D eigenvalue weighted by Crippen LogP contribution is -2.23. The Labute approximate surface area is 146 Å². The molecule has 0 saturated carbocycles. The maximum Gasteiger partial charge on any atom is 0.501 e. The van der Waals surface area contributed by atoms with Gasteiger partial charge in [-0.3, -0.25) is 10.1 Å². The fraction of sp³-hybridized carbons (Fsp3) is 0.200. The van der Waals surface area contributed by atoms with E-state index in [1.165, 1.54) is 0 Å². The van der Waals surface area contributed by atoms with Gasteiger partial charge >= 0.3 is 5.51 Å². The summed E-state index contributed by atoms with van der Waals surface area (Å²) in [4.78, 5) is 8.98. The van der Waals surface area contributed by atoms with E-state index in [4.69, 9.17) is 4.74 Å². The molecule has 0 saturated heterocycles. The van der Waals surface area contributed by atoms with Gasteiger partial charge in [0.25, 0.3) is 15.5 Å². The van der Waals surface area contributed by atoms with Crippen LogP contribution in [0, 0.1) is 10.1 Å². The van der Waals surface area contributed by atoms with Crippen LogP contribution in [0.3, 0.4) is 0 Å². The van der Waals surface area contributed by atoms with E-state index in [9.17, 15) is 31.7 Å². The van der Waals surface area contributed by atoms with Gasteiger partial charge in [-0.2, -0.15) is 13.2 Å². The molecule has 0 bridgehead atoms. The molecule has 0 fully saturated rings. The van der Waals surface area contributed by atoms with Gasteiger partial charge in [0.1, 0.15) is 11.4 Å². The van der Waals surface area contributed by atoms with Gasteiger partial charge in [0.05, 0.1) is 16.4 Å². The molecule has 0 aliphatic carbocycles. The van der Waals surface area contributed by atoms with Crippen molar-refractivity contribution >= 4 is 26.9 Å². The molecule has 0 aromatic heterocycles. The van der Waals surface area contributed by atoms with E-state index in [1.807, 2.05) is 0 Å². The number of sulfone groups is 1. The highest BCUT2D eigenvalue weighted by Crippen LogP contribution is 2.35. The van der Waals surface area contributed by atoms with Crippen molar-refractivity contribution in [3.63, 3.8) is 0 Å². The lowest BCUT2D eigenvalue weighted by atomic mass is 10.2. The molecule has 0 atom stereocenters. The molecule has 0 aliphatic heterocycles. The Hall–Kier alpha value is -2.82. The molecular formula is C15H13F3N2O5S. The Morgan fingerprint density at radius 3 is 2.27 bits per heavy atom. The first-order valence-corrected chi connectivity index (χ1v) is 8.64. The lowest BCUT2D eigenvalue weighted by molar-refractivity contribution is -0.384. The molecule has 2 aromatic carbocycles. The van der Waals surface area contributed by atoms with E-state index in [-0.39, 0.29) is 5.69 Å². The molecule has 0 heterocycles. The van der Waals surface area contributed by atoms with E-state index < -0.39 is 30.9 Å². The normalized spacial score (nSPS) is 11.8. The van der Waals surface area contributed by atoms with Gasteiger partial charge in [-0.25, -0.2) is 8.42 Å². The lowest BCUT2D eigenvalue weighted by Gasteiger charge is -2.11. The molecule has 2 aromatic rings. The number of alkyl halides is 3. The van der Waals surface area contributed by atoms with E-state index in [1.54, 1.807) is 31.2 Å². The van der Waals surface area contributed by atoms with Crippen LogP contribution < -0.4 is 10.1 Å². The SMILES string of the molecule is CCOc1ccc(Nc2ccc(S(=O)(=O)C(F)(F)F)cc2[N+](=O)[O-])cc1. The van der Waals surface area contributed by atoms with Crippen molar-refractivity contribution in [1.82, 2.24) is 0 Å². The van der Waals surface area contributed by atoms with Crippen LogP contribution in [-0.2, 0) is 9.84 Å². The summed E-state index contributed by atoms with van der Waals surface area (Å²) in [5.74, 6) is 0.569. The molecular weight excluding hydrogens is 377 g/mol. The number of halogens is 3. The number of nitrogens with zero attached hydrogens (tertiary/aromatic N) is 1. The van der Waals surface area contributed by atoms with Crippen molar-refractivity contribution in [2.45, 2.75) is 17.3 Å². The Kier molecular flexibility index (Phi) is 5.40. The Bertz CT molecular complexity index is 912. The summed E-state index contributed by atoms with van der Waals surface area (Å²) in [7, 11) is -5.68. The number of ether oxygens (including phenoxy) is 1. The number of rotatable bonds is 6. The van der Waals surface area contributed by atoms with Crippen LogP contribution in [-0.4, -0.2) is 25.5 Å². The number of benzene rings is 2. The fourth-order valence-corrected chi connectivity index (χ4v) is 2.81. The Morgan fingerprint density at radius 2 is 1.77 bits per heavy atom. The van der Waals surface area contributed by atoms with Gasteiger partial charge in [0.15, 0.2) is 0 Å². The number of nitro benzene ring substituents is 1. The summed E-state index contributed by atoms with van der Waals surface area (Å²) in [6, 6.07) is 8.24. The van der Waals surface area contributed by atoms with Crippen molar-refractivity contribution in [1.29, 1.82) is 0 Å². The molecule has 11 heteroatoms. The van der Waals surface area contributed by atoms with Crippen LogP contribution in [0.2, 0.25) is 0 Å². The van der Waals surface area contributed by atoms with Crippen molar-refractivity contribution in [2.75, 3.05) is 11.9 Å². The third-order valence-corrected chi connectivity index (χ3v) is 4.71. The van der Waals surface area contributed by atoms with Crippen LogP contribution in [0.4, 0.5) is 30.2 Å². The Balaban J connectivity index is 2.39. The molecule has 2 rings (SSSR count). The van der Waals surface area contributed by atoms with Gasteiger partial charge in [-0.15, -0.1) is 0 Å². The maximum absolute atomic E-state index is 12.6. The molecule has 140 valence electrons. The van der Waals surface area contributed by atoms with Gasteiger partial charge in [-0.1, -0.05) is 0 Å². The van der Waals surface area contributed by atoms with Crippen molar-refractivity contribution in [3.8, 4) is 5.75 Å². The molecule has 0 unspecified atom stereocenters. The van der Waals surface area contributed by atoms with Gasteiger partial charge in [-0.05, 0) is 43.3 Å². The van der Waals surface area contributed by atoms with Crippen LogP contribution >= 0.6 is 0 Å². The van der Waals surface area contributed by atoms with Gasteiger partial charge < -0.3 is 10.1 Å². The van der Waals surface area contributed by atoms with Crippen LogP contribution in [0.5, 0.6) is 5.75 Å². The Morgan fingerprint density at radius 1 is 1.15 bits per heavy atom. The molecule has 26 heavy (non-hydrogen) atoms. The molecule has 7 nitrogen and oxygen atoms in total. The number of hydrogen-bond donors (Lipinski definition) is 1. The van der Waals surface area contributed by atoms with Crippen molar-refractivity contribution < 1.29 is 31.2 Å². The average Bonchev–Trinajstić information content (AvgIpc) is 2.56. The number of nitrogens with one attached hydrogen (secondary N) is 1. The first kappa shape index (κ1) is 19.5. The molecule has 1 N–H and O–H groups in total. The zero-order valence-electron chi connectivity index (χ0n) is 13.3. The summed E-state index contributed by atoms with van der Waals surface area (Å²) in [5.41, 5.74) is -6.10. The summed E-state index contributed by atoms with van der Waals surface area (Å²) < 4.78 is 65.9. The zero-order valence-corrected chi connectivity index (χ0v) is 14.1. The van der Waals surface area contributed by atoms with E-state index in [0.29, 0.717) is 30.2 Å². The predicted octanol–water partition coefficient (Wildman–Crippen LogP) is 4.03. The van der Waals surface area contributed by atoms with Crippen LogP contribution in [0.15, 0.2) is 47.4 Å². The summed E-state index contributed by atoms with van der Waals surface area (Å²) in [6.45, 7) is 2.25. The van der Waals surface area contributed by atoms with Crippen LogP contribution in [0.25, 0.3) is 0 Å². The topological polar surface area (TPSA) is 98.5 Å². The molecule has 0 amide bonds. The summed E-state index contributed by atoms with van der Waals surface area (Å²) in [5, 5.41) is 13.8. The van der Waals surface area contributed by atoms with E-state index >= 15 is 0 Å². The fourth-order valence-electron chi connectivity index (χ4n) is 2.03. The van der Waals surface area contributed by atoms with Gasteiger partial charge in [0, 0.05) is 11.8 Å². The number of anilines is 2. The minimum absolute atomic E-state index is 0.153. The zero-order chi connectivity index (χ0) is 19.5. The third-order valence-electron chi connectivity index (χ3n) is 3.23. The second kappa shape index (κ2) is 7.20. The smallest absolute Gasteiger partial charge is 0.494 e. The van der Waals surface area contributed by atoms with Crippen LogP contribution in [0.1, 0.15) is 6.92 Å². The highest BCUT2D eigenvalue weighted by atomic mass is 32.2. The summed E-state index contributed by atoms with van der Waals surface area (Å²) >= 11 is 0. The first-order valence-electron chi connectivity index (χ1n) is 7.16. The minimum Gasteiger partial charge on any atom is -0.494 e. The monoisotopic (exact) mass is 390 g/mol. The second-order valence-electron chi connectivity index (χ2n) is 4.97. The second-order valence-corrected chi connectivity index (χ2v) is 6.91.